The third-order valence-electron chi connectivity index (χ3n) is 4.03. The lowest BCUT2D eigenvalue weighted by Gasteiger charge is -2.31. The number of fused-ring (bicyclic) bond motifs is 2. The molecular formula is C13H17N3O. The van der Waals surface area contributed by atoms with E-state index in [4.69, 9.17) is 11.5 Å². The minimum atomic E-state index is -0.393. The molecule has 0 radical (unpaired) electrons. The highest BCUT2D eigenvalue weighted by Gasteiger charge is 2.39. The number of para-hydroxylation sites is 1. The topological polar surface area (TPSA) is 72.3 Å². The summed E-state index contributed by atoms with van der Waals surface area (Å²) in [6.07, 6.45) is 3.74. The van der Waals surface area contributed by atoms with Crippen molar-refractivity contribution in [1.29, 1.82) is 0 Å². The van der Waals surface area contributed by atoms with Gasteiger partial charge in [0.1, 0.15) is 0 Å². The standard InChI is InChI=1S/C13H17N3O/c14-11-3-1-2-10(13(15)17)12(11)16-7-8-4-5-9(16)6-8/h1-3,8-9H,4-7,14H2,(H2,15,17). The first-order valence-electron chi connectivity index (χ1n) is 6.11. The molecule has 2 unspecified atom stereocenters. The minimum Gasteiger partial charge on any atom is -0.397 e. The van der Waals surface area contributed by atoms with Crippen molar-refractivity contribution in [2.24, 2.45) is 11.7 Å². The number of carbonyl (C=O) groups excluding carboxylic acids is 1. The Hall–Kier alpha value is -1.71. The highest BCUT2D eigenvalue weighted by atomic mass is 16.1. The molecular weight excluding hydrogens is 214 g/mol. The molecule has 4 nitrogen and oxygen atoms in total. The molecule has 2 bridgehead atoms. The summed E-state index contributed by atoms with van der Waals surface area (Å²) >= 11 is 0. The minimum absolute atomic E-state index is 0.393. The molecule has 4 heteroatoms. The average Bonchev–Trinajstić information content (AvgIpc) is 2.90. The summed E-state index contributed by atoms with van der Waals surface area (Å²) < 4.78 is 0. The molecule has 17 heavy (non-hydrogen) atoms. The molecule has 0 aromatic heterocycles. The van der Waals surface area contributed by atoms with Gasteiger partial charge in [0.05, 0.1) is 16.9 Å². The molecule has 1 amide bonds. The van der Waals surface area contributed by atoms with Crippen LogP contribution in [0.4, 0.5) is 11.4 Å². The largest absolute Gasteiger partial charge is 0.397 e. The Morgan fingerprint density at radius 2 is 2.18 bits per heavy atom. The van der Waals surface area contributed by atoms with Crippen LogP contribution >= 0.6 is 0 Å². The van der Waals surface area contributed by atoms with E-state index in [1.165, 1.54) is 19.3 Å². The number of benzene rings is 1. The van der Waals surface area contributed by atoms with Gasteiger partial charge in [0.25, 0.3) is 5.91 Å². The summed E-state index contributed by atoms with van der Waals surface area (Å²) in [5, 5.41) is 0. The van der Waals surface area contributed by atoms with Crippen LogP contribution in [0, 0.1) is 5.92 Å². The van der Waals surface area contributed by atoms with Crippen LogP contribution in [0.2, 0.25) is 0 Å². The summed E-state index contributed by atoms with van der Waals surface area (Å²) in [6.45, 7) is 1.01. The molecule has 0 spiro atoms. The van der Waals surface area contributed by atoms with Gasteiger partial charge in [0, 0.05) is 12.6 Å². The second-order valence-corrected chi connectivity index (χ2v) is 5.09. The molecule has 1 aromatic rings. The highest BCUT2D eigenvalue weighted by molar-refractivity contribution is 6.01. The van der Waals surface area contributed by atoms with Gasteiger partial charge in [0.15, 0.2) is 0 Å². The molecule has 3 rings (SSSR count). The molecule has 1 saturated heterocycles. The molecule has 1 saturated carbocycles. The lowest BCUT2D eigenvalue weighted by atomic mass is 10.1. The fourth-order valence-electron chi connectivity index (χ4n) is 3.28. The first kappa shape index (κ1) is 10.4. The van der Waals surface area contributed by atoms with Crippen LogP contribution in [0.15, 0.2) is 18.2 Å². The van der Waals surface area contributed by atoms with Gasteiger partial charge < -0.3 is 16.4 Å². The van der Waals surface area contributed by atoms with Crippen LogP contribution in [0.25, 0.3) is 0 Å². The van der Waals surface area contributed by atoms with Crippen molar-refractivity contribution in [2.45, 2.75) is 25.3 Å². The van der Waals surface area contributed by atoms with Gasteiger partial charge in [-0.15, -0.1) is 0 Å². The van der Waals surface area contributed by atoms with Crippen LogP contribution in [0.1, 0.15) is 29.6 Å². The number of nitrogen functional groups attached to an aromatic ring is 1. The molecule has 1 aliphatic heterocycles. The lowest BCUT2D eigenvalue weighted by Crippen LogP contribution is -2.34. The van der Waals surface area contributed by atoms with E-state index in [0.29, 0.717) is 17.3 Å². The van der Waals surface area contributed by atoms with E-state index in [9.17, 15) is 4.79 Å². The van der Waals surface area contributed by atoms with Crippen LogP contribution in [-0.4, -0.2) is 18.5 Å². The summed E-state index contributed by atoms with van der Waals surface area (Å²) in [7, 11) is 0. The van der Waals surface area contributed by atoms with E-state index in [2.05, 4.69) is 4.90 Å². The predicted octanol–water partition coefficient (Wildman–Crippen LogP) is 1.36. The Kier molecular flexibility index (Phi) is 2.24. The lowest BCUT2D eigenvalue weighted by molar-refractivity contribution is 0.100. The molecule has 1 aliphatic carbocycles. The first-order valence-corrected chi connectivity index (χ1v) is 6.11. The maximum atomic E-state index is 11.5. The Bertz CT molecular complexity index is 472. The molecule has 2 atom stereocenters. The van der Waals surface area contributed by atoms with Crippen LogP contribution in [-0.2, 0) is 0 Å². The van der Waals surface area contributed by atoms with Gasteiger partial charge in [-0.25, -0.2) is 0 Å². The van der Waals surface area contributed by atoms with Crippen molar-refractivity contribution in [1.82, 2.24) is 0 Å². The van der Waals surface area contributed by atoms with Crippen LogP contribution in [0.3, 0.4) is 0 Å². The monoisotopic (exact) mass is 231 g/mol. The highest BCUT2D eigenvalue weighted by Crippen LogP contribution is 2.43. The third kappa shape index (κ3) is 1.55. The summed E-state index contributed by atoms with van der Waals surface area (Å²) in [6, 6.07) is 5.93. The number of primary amides is 1. The van der Waals surface area contributed by atoms with E-state index in [1.807, 2.05) is 6.07 Å². The average molecular weight is 231 g/mol. The number of hydrogen-bond donors (Lipinski definition) is 2. The van der Waals surface area contributed by atoms with Crippen molar-refractivity contribution in [2.75, 3.05) is 17.2 Å². The van der Waals surface area contributed by atoms with E-state index < -0.39 is 5.91 Å². The molecule has 90 valence electrons. The number of hydrogen-bond acceptors (Lipinski definition) is 3. The van der Waals surface area contributed by atoms with Gasteiger partial charge in [-0.1, -0.05) is 6.07 Å². The summed E-state index contributed by atoms with van der Waals surface area (Å²) in [4.78, 5) is 13.8. The molecule has 4 N–H and O–H groups in total. The molecule has 2 aliphatic rings. The number of nitrogens with two attached hydrogens (primary N) is 2. The quantitative estimate of drug-likeness (QED) is 0.755. The van der Waals surface area contributed by atoms with Crippen molar-refractivity contribution in [3.05, 3.63) is 23.8 Å². The molecule has 1 aromatic carbocycles. The van der Waals surface area contributed by atoms with Crippen LogP contribution in [0.5, 0.6) is 0 Å². The number of amides is 1. The zero-order chi connectivity index (χ0) is 12.0. The number of rotatable bonds is 2. The smallest absolute Gasteiger partial charge is 0.250 e. The predicted molar refractivity (Wildman–Crippen MR) is 67.8 cm³/mol. The Labute approximate surface area is 101 Å². The van der Waals surface area contributed by atoms with Crippen molar-refractivity contribution < 1.29 is 4.79 Å². The summed E-state index contributed by atoms with van der Waals surface area (Å²) in [5.41, 5.74) is 13.5. The first-order chi connectivity index (χ1) is 8.16. The van der Waals surface area contributed by atoms with Crippen LogP contribution < -0.4 is 16.4 Å². The van der Waals surface area contributed by atoms with Crippen molar-refractivity contribution in [3.63, 3.8) is 0 Å². The maximum absolute atomic E-state index is 11.5. The van der Waals surface area contributed by atoms with E-state index in [-0.39, 0.29) is 0 Å². The normalized spacial score (nSPS) is 26.5. The zero-order valence-corrected chi connectivity index (χ0v) is 9.73. The Morgan fingerprint density at radius 1 is 1.35 bits per heavy atom. The maximum Gasteiger partial charge on any atom is 0.250 e. The summed E-state index contributed by atoms with van der Waals surface area (Å²) in [5.74, 6) is 0.371. The zero-order valence-electron chi connectivity index (χ0n) is 9.73. The van der Waals surface area contributed by atoms with Crippen molar-refractivity contribution >= 4 is 17.3 Å². The second kappa shape index (κ2) is 3.65. The molecule has 2 fully saturated rings. The number of carbonyl (C=O) groups is 1. The number of piperidine rings is 1. The number of anilines is 2. The fourth-order valence-corrected chi connectivity index (χ4v) is 3.28. The Balaban J connectivity index is 2.05. The number of nitrogens with zero attached hydrogens (tertiary/aromatic N) is 1. The molecule has 1 heterocycles. The fraction of sp³-hybridized carbons (Fsp3) is 0.462. The van der Waals surface area contributed by atoms with Gasteiger partial charge >= 0.3 is 0 Å². The van der Waals surface area contributed by atoms with Crippen molar-refractivity contribution in [3.8, 4) is 0 Å². The van der Waals surface area contributed by atoms with E-state index in [1.54, 1.807) is 12.1 Å². The third-order valence-corrected chi connectivity index (χ3v) is 4.03. The van der Waals surface area contributed by atoms with Gasteiger partial charge in [-0.2, -0.15) is 0 Å². The van der Waals surface area contributed by atoms with E-state index in [0.717, 1.165) is 18.2 Å². The Morgan fingerprint density at radius 3 is 2.76 bits per heavy atom. The van der Waals surface area contributed by atoms with Gasteiger partial charge in [-0.05, 0) is 37.3 Å². The van der Waals surface area contributed by atoms with Gasteiger partial charge in [-0.3, -0.25) is 4.79 Å². The van der Waals surface area contributed by atoms with Gasteiger partial charge in [0.2, 0.25) is 0 Å². The SMILES string of the molecule is NC(=O)c1cccc(N)c1N1CC2CCC1C2. The second-order valence-electron chi connectivity index (χ2n) is 5.09. The van der Waals surface area contributed by atoms with E-state index >= 15 is 0 Å².